The van der Waals surface area contributed by atoms with Crippen molar-refractivity contribution in [1.29, 1.82) is 0 Å². The van der Waals surface area contributed by atoms with Gasteiger partial charge in [0.2, 0.25) is 0 Å². The fraction of sp³-hybridized carbons (Fsp3) is 0.448. The molecule has 1 aromatic carbocycles. The summed E-state index contributed by atoms with van der Waals surface area (Å²) in [4.78, 5) is 9.31. The first-order valence-corrected chi connectivity index (χ1v) is 13.6. The van der Waals surface area contributed by atoms with E-state index in [-0.39, 0.29) is 17.6 Å². The minimum absolute atomic E-state index is 0.0101. The maximum atomic E-state index is 6.95. The molecule has 4 atom stereocenters. The van der Waals surface area contributed by atoms with Gasteiger partial charge < -0.3 is 19.7 Å². The summed E-state index contributed by atoms with van der Waals surface area (Å²) in [5.74, 6) is 1.32. The number of benzene rings is 1. The van der Waals surface area contributed by atoms with Crippen LogP contribution in [0.15, 0.2) is 61.1 Å². The summed E-state index contributed by atoms with van der Waals surface area (Å²) in [7, 11) is 0. The lowest BCUT2D eigenvalue weighted by Gasteiger charge is -2.37. The molecule has 3 aromatic rings. The third-order valence-electron chi connectivity index (χ3n) is 7.35. The van der Waals surface area contributed by atoms with Gasteiger partial charge in [0.25, 0.3) is 0 Å². The molecule has 2 saturated heterocycles. The van der Waals surface area contributed by atoms with Crippen molar-refractivity contribution >= 4 is 40.3 Å². The topological polar surface area (TPSA) is 36.3 Å². The quantitative estimate of drug-likeness (QED) is 0.376. The van der Waals surface area contributed by atoms with Gasteiger partial charge in [-0.1, -0.05) is 31.5 Å². The maximum Gasteiger partial charge on any atom is 0.174 e. The highest BCUT2D eigenvalue weighted by atomic mass is 35.5. The van der Waals surface area contributed by atoms with Crippen LogP contribution in [0.5, 0.6) is 0 Å². The number of rotatable bonds is 4. The van der Waals surface area contributed by atoms with Gasteiger partial charge in [0, 0.05) is 42.9 Å². The summed E-state index contributed by atoms with van der Waals surface area (Å²) >= 11 is 12.9. The molecule has 5 nitrogen and oxygen atoms in total. The van der Waals surface area contributed by atoms with Crippen molar-refractivity contribution < 1.29 is 0 Å². The number of hydrogen-bond acceptors (Lipinski definition) is 3. The molecule has 4 heterocycles. The second-order valence-corrected chi connectivity index (χ2v) is 12.3. The van der Waals surface area contributed by atoms with E-state index in [1.165, 1.54) is 12.0 Å². The lowest BCUT2D eigenvalue weighted by atomic mass is 9.91. The SMILES string of the molecule is C[C@@H]1C[C@H](C)CN(c2ccc(N3C(=S)N[C@H](c4ccccn4)[C@@H]3c3ccn(C(C)(C)C)c3)cc2Cl)C1. The first-order chi connectivity index (χ1) is 17.1. The van der Waals surface area contributed by atoms with E-state index in [9.17, 15) is 0 Å². The highest BCUT2D eigenvalue weighted by Gasteiger charge is 2.41. The highest BCUT2D eigenvalue weighted by molar-refractivity contribution is 7.80. The van der Waals surface area contributed by atoms with Gasteiger partial charge in [-0.2, -0.15) is 0 Å². The van der Waals surface area contributed by atoms with Gasteiger partial charge in [0.1, 0.15) is 0 Å². The monoisotopic (exact) mass is 521 g/mol. The molecule has 36 heavy (non-hydrogen) atoms. The van der Waals surface area contributed by atoms with Crippen molar-refractivity contribution in [2.45, 2.75) is 58.7 Å². The van der Waals surface area contributed by atoms with E-state index in [4.69, 9.17) is 23.8 Å². The Morgan fingerprint density at radius 2 is 1.81 bits per heavy atom. The Balaban J connectivity index is 1.53. The van der Waals surface area contributed by atoms with Crippen LogP contribution < -0.4 is 15.1 Å². The lowest BCUT2D eigenvalue weighted by Crippen LogP contribution is -2.38. The van der Waals surface area contributed by atoms with Crippen molar-refractivity contribution in [3.63, 3.8) is 0 Å². The molecule has 1 N–H and O–H groups in total. The Labute approximate surface area is 225 Å². The first kappa shape index (κ1) is 25.1. The second-order valence-electron chi connectivity index (χ2n) is 11.5. The molecule has 7 heteroatoms. The van der Waals surface area contributed by atoms with Crippen LogP contribution >= 0.6 is 23.8 Å². The molecule has 190 valence electrons. The van der Waals surface area contributed by atoms with Crippen LogP contribution in [0.1, 0.15) is 64.4 Å². The minimum atomic E-state index is -0.0724. The number of piperidine rings is 1. The van der Waals surface area contributed by atoms with Crippen molar-refractivity contribution in [3.05, 3.63) is 77.3 Å². The number of nitrogens with zero attached hydrogens (tertiary/aromatic N) is 4. The molecule has 2 aliphatic rings. The zero-order valence-corrected chi connectivity index (χ0v) is 23.4. The van der Waals surface area contributed by atoms with E-state index in [0.717, 1.165) is 35.2 Å². The van der Waals surface area contributed by atoms with E-state index in [1.807, 2.05) is 18.3 Å². The molecule has 0 spiro atoms. The fourth-order valence-corrected chi connectivity index (χ4v) is 6.38. The minimum Gasteiger partial charge on any atom is -0.370 e. The van der Waals surface area contributed by atoms with Gasteiger partial charge in [-0.15, -0.1) is 0 Å². The molecule has 0 saturated carbocycles. The Morgan fingerprint density at radius 1 is 1.06 bits per heavy atom. The smallest absolute Gasteiger partial charge is 0.174 e. The van der Waals surface area contributed by atoms with Gasteiger partial charge in [-0.05, 0) is 93.2 Å². The summed E-state index contributed by atoms with van der Waals surface area (Å²) in [5.41, 5.74) is 4.24. The predicted octanol–water partition coefficient (Wildman–Crippen LogP) is 6.95. The predicted molar refractivity (Wildman–Crippen MR) is 154 cm³/mol. The first-order valence-electron chi connectivity index (χ1n) is 12.9. The third-order valence-corrected chi connectivity index (χ3v) is 7.97. The molecular weight excluding hydrogens is 486 g/mol. The van der Waals surface area contributed by atoms with Gasteiger partial charge in [-0.3, -0.25) is 4.98 Å². The van der Waals surface area contributed by atoms with Gasteiger partial charge in [0.05, 0.1) is 28.5 Å². The van der Waals surface area contributed by atoms with Gasteiger partial charge in [0.15, 0.2) is 5.11 Å². The van der Waals surface area contributed by atoms with E-state index >= 15 is 0 Å². The van der Waals surface area contributed by atoms with Gasteiger partial charge >= 0.3 is 0 Å². The third kappa shape index (κ3) is 4.85. The molecule has 2 fully saturated rings. The summed E-state index contributed by atoms with van der Waals surface area (Å²) in [6, 6.07) is 14.5. The van der Waals surface area contributed by atoms with Crippen LogP contribution in [0, 0.1) is 11.8 Å². The lowest BCUT2D eigenvalue weighted by molar-refractivity contribution is 0.357. The van der Waals surface area contributed by atoms with E-state index in [1.54, 1.807) is 0 Å². The van der Waals surface area contributed by atoms with Crippen LogP contribution in [0.25, 0.3) is 0 Å². The van der Waals surface area contributed by atoms with Crippen LogP contribution in [0.2, 0.25) is 5.02 Å². The molecule has 2 aliphatic heterocycles. The molecule has 0 radical (unpaired) electrons. The Hall–Kier alpha value is -2.57. The second kappa shape index (κ2) is 9.71. The van der Waals surface area contributed by atoms with Crippen molar-refractivity contribution in [3.8, 4) is 0 Å². The van der Waals surface area contributed by atoms with Crippen LogP contribution in [0.3, 0.4) is 0 Å². The average molecular weight is 522 g/mol. The number of aromatic nitrogens is 2. The van der Waals surface area contributed by atoms with Crippen molar-refractivity contribution in [1.82, 2.24) is 14.9 Å². The van der Waals surface area contributed by atoms with E-state index < -0.39 is 0 Å². The van der Waals surface area contributed by atoms with Gasteiger partial charge in [-0.25, -0.2) is 0 Å². The molecule has 0 aliphatic carbocycles. The summed E-state index contributed by atoms with van der Waals surface area (Å²) in [6.07, 6.45) is 7.49. The molecule has 0 unspecified atom stereocenters. The molecule has 2 aromatic heterocycles. The van der Waals surface area contributed by atoms with Crippen LogP contribution in [-0.4, -0.2) is 27.8 Å². The molecule has 5 rings (SSSR count). The Bertz CT molecular complexity index is 1220. The zero-order valence-electron chi connectivity index (χ0n) is 21.8. The normalized spacial score (nSPS) is 24.8. The summed E-state index contributed by atoms with van der Waals surface area (Å²) in [5, 5.41) is 5.01. The largest absolute Gasteiger partial charge is 0.370 e. The number of nitrogens with one attached hydrogen (secondary N) is 1. The van der Waals surface area contributed by atoms with Crippen LogP contribution in [0.4, 0.5) is 11.4 Å². The number of thiocarbonyl (C=S) groups is 1. The Morgan fingerprint density at radius 3 is 2.42 bits per heavy atom. The highest BCUT2D eigenvalue weighted by Crippen LogP contribution is 2.44. The van der Waals surface area contributed by atoms with Crippen LogP contribution in [-0.2, 0) is 5.54 Å². The number of hydrogen-bond donors (Lipinski definition) is 1. The summed E-state index contributed by atoms with van der Waals surface area (Å²) < 4.78 is 2.26. The molecule has 0 amide bonds. The zero-order chi connectivity index (χ0) is 25.6. The molecule has 0 bridgehead atoms. The average Bonchev–Trinajstić information content (AvgIpc) is 3.43. The number of pyridine rings is 1. The standard InChI is InChI=1S/C29H36ClN5S/c1-19-14-20(2)17-33(16-19)25-10-9-22(15-23(25)30)35-27(21-11-13-34(18-21)29(3,4)5)26(32-28(35)36)24-8-6-7-12-31-24/h6-13,15,18-20,26-27H,14,16-17H2,1-5H3,(H,32,36)/t19-,20+,26-,27+/m1/s1. The fourth-order valence-electron chi connectivity index (χ4n) is 5.74. The Kier molecular flexibility index (Phi) is 6.77. The van der Waals surface area contributed by atoms with Crippen molar-refractivity contribution in [2.24, 2.45) is 11.8 Å². The van der Waals surface area contributed by atoms with E-state index in [2.05, 4.69) is 102 Å². The number of halogens is 1. The number of anilines is 2. The maximum absolute atomic E-state index is 6.95. The van der Waals surface area contributed by atoms with Crippen molar-refractivity contribution in [2.75, 3.05) is 22.9 Å². The molecular formula is C29H36ClN5S. The van der Waals surface area contributed by atoms with E-state index in [0.29, 0.717) is 16.9 Å². The summed E-state index contributed by atoms with van der Waals surface area (Å²) in [6.45, 7) is 13.4.